The van der Waals surface area contributed by atoms with Crippen molar-refractivity contribution in [3.05, 3.63) is 34.5 Å². The van der Waals surface area contributed by atoms with E-state index in [4.69, 9.17) is 0 Å². The number of rotatable bonds is 3. The molecule has 1 N–H and O–H groups in total. The van der Waals surface area contributed by atoms with Gasteiger partial charge in [0.1, 0.15) is 0 Å². The molecule has 0 saturated carbocycles. The lowest BCUT2D eigenvalue weighted by Crippen LogP contribution is -2.50. The van der Waals surface area contributed by atoms with Crippen molar-refractivity contribution in [1.82, 2.24) is 9.99 Å². The fourth-order valence-corrected chi connectivity index (χ4v) is 2.41. The summed E-state index contributed by atoms with van der Waals surface area (Å²) in [6, 6.07) is 1.61. The Morgan fingerprint density at radius 3 is 2.24 bits per heavy atom. The number of hydrazine groups is 1. The molecule has 25 heavy (non-hydrogen) atoms. The van der Waals surface area contributed by atoms with Crippen LogP contribution in [0, 0.1) is 6.92 Å². The second-order valence-electron chi connectivity index (χ2n) is 5.31. The number of amides is 3. The molecular weight excluding hydrogens is 343 g/mol. The van der Waals surface area contributed by atoms with E-state index in [1.165, 1.54) is 6.92 Å². The van der Waals surface area contributed by atoms with Gasteiger partial charge in [0.15, 0.2) is 5.82 Å². The van der Waals surface area contributed by atoms with Crippen LogP contribution in [0.15, 0.2) is 23.3 Å². The van der Waals surface area contributed by atoms with Crippen molar-refractivity contribution >= 4 is 23.5 Å². The largest absolute Gasteiger partial charge is 0.418 e. The fraction of sp³-hybridized carbons (Fsp3) is 0.333. The molecule has 0 spiro atoms. The van der Waals surface area contributed by atoms with Crippen LogP contribution in [-0.4, -0.2) is 39.4 Å². The van der Waals surface area contributed by atoms with Crippen molar-refractivity contribution in [2.45, 2.75) is 26.9 Å². The quantitative estimate of drug-likeness (QED) is 0.825. The van der Waals surface area contributed by atoms with E-state index in [1.54, 1.807) is 0 Å². The third-order valence-electron chi connectivity index (χ3n) is 3.67. The maximum absolute atomic E-state index is 12.8. The van der Waals surface area contributed by atoms with Gasteiger partial charge in [-0.2, -0.15) is 23.2 Å². The van der Waals surface area contributed by atoms with E-state index < -0.39 is 41.8 Å². The van der Waals surface area contributed by atoms with Gasteiger partial charge >= 0.3 is 6.18 Å². The van der Waals surface area contributed by atoms with Gasteiger partial charge in [-0.3, -0.25) is 14.4 Å². The highest BCUT2D eigenvalue weighted by atomic mass is 19.4. The smallest absolute Gasteiger partial charge is 0.391 e. The van der Waals surface area contributed by atoms with Crippen LogP contribution >= 0.6 is 0 Å². The first-order valence-electron chi connectivity index (χ1n) is 7.05. The second-order valence-corrected chi connectivity index (χ2v) is 5.31. The SMILES string of the molecule is CC(=O)N(c1ccc(C(F)(F)F)c(C)n1)N1C(=O)C(C)=C(CO)C1=O. The summed E-state index contributed by atoms with van der Waals surface area (Å²) < 4.78 is 38.5. The number of alkyl halides is 3. The van der Waals surface area contributed by atoms with Crippen LogP contribution in [0.4, 0.5) is 19.0 Å². The Morgan fingerprint density at radius 2 is 1.84 bits per heavy atom. The summed E-state index contributed by atoms with van der Waals surface area (Å²) in [4.78, 5) is 40.2. The molecule has 1 aromatic rings. The van der Waals surface area contributed by atoms with E-state index in [-0.39, 0.29) is 17.0 Å². The molecule has 2 rings (SSSR count). The van der Waals surface area contributed by atoms with Gasteiger partial charge in [0.25, 0.3) is 11.8 Å². The Balaban J connectivity index is 2.51. The third kappa shape index (κ3) is 3.12. The molecule has 0 aliphatic carbocycles. The van der Waals surface area contributed by atoms with Crippen LogP contribution in [0.2, 0.25) is 0 Å². The number of aromatic nitrogens is 1. The number of carbonyl (C=O) groups excluding carboxylic acids is 3. The van der Waals surface area contributed by atoms with Gasteiger partial charge in [0.2, 0.25) is 5.91 Å². The zero-order valence-electron chi connectivity index (χ0n) is 13.5. The van der Waals surface area contributed by atoms with E-state index in [0.717, 1.165) is 19.9 Å². The van der Waals surface area contributed by atoms with Crippen molar-refractivity contribution in [1.29, 1.82) is 0 Å². The molecular formula is C15H14F3N3O4. The van der Waals surface area contributed by atoms with Crippen LogP contribution < -0.4 is 5.01 Å². The molecule has 1 aliphatic heterocycles. The summed E-state index contributed by atoms with van der Waals surface area (Å²) in [5, 5.41) is 10.2. The van der Waals surface area contributed by atoms with Crippen LogP contribution in [0.3, 0.4) is 0 Å². The molecule has 1 aliphatic rings. The number of halogens is 3. The van der Waals surface area contributed by atoms with Crippen molar-refractivity contribution in [2.24, 2.45) is 0 Å². The van der Waals surface area contributed by atoms with E-state index in [9.17, 15) is 32.7 Å². The van der Waals surface area contributed by atoms with Crippen molar-refractivity contribution < 1.29 is 32.7 Å². The van der Waals surface area contributed by atoms with Gasteiger partial charge in [0, 0.05) is 12.5 Å². The van der Waals surface area contributed by atoms with Crippen LogP contribution in [0.1, 0.15) is 25.1 Å². The predicted molar refractivity (Wildman–Crippen MR) is 78.8 cm³/mol. The molecule has 2 heterocycles. The topological polar surface area (TPSA) is 90.8 Å². The Bertz CT molecular complexity index is 802. The first-order chi connectivity index (χ1) is 11.5. The highest BCUT2D eigenvalue weighted by Gasteiger charge is 2.42. The lowest BCUT2D eigenvalue weighted by atomic mass is 10.2. The molecule has 7 nitrogen and oxygen atoms in total. The lowest BCUT2D eigenvalue weighted by Gasteiger charge is -2.28. The number of aliphatic hydroxyl groups excluding tert-OH is 1. The number of aliphatic hydroxyl groups is 1. The molecule has 0 bridgehead atoms. The Kier molecular flexibility index (Phi) is 4.67. The number of hydrogen-bond acceptors (Lipinski definition) is 5. The standard InChI is InChI=1S/C15H14F3N3O4/c1-7-10(6-22)14(25)21(13(7)24)20(9(3)23)12-5-4-11(8(2)19-12)15(16,17)18/h4-5,22H,6H2,1-3H3. The van der Waals surface area contributed by atoms with E-state index in [2.05, 4.69) is 4.98 Å². The van der Waals surface area contributed by atoms with E-state index in [0.29, 0.717) is 16.1 Å². The third-order valence-corrected chi connectivity index (χ3v) is 3.67. The Morgan fingerprint density at radius 1 is 1.24 bits per heavy atom. The highest BCUT2D eigenvalue weighted by Crippen LogP contribution is 2.33. The fourth-order valence-electron chi connectivity index (χ4n) is 2.41. The minimum atomic E-state index is -4.63. The number of imide groups is 1. The maximum Gasteiger partial charge on any atom is 0.418 e. The van der Waals surface area contributed by atoms with Crippen molar-refractivity contribution in [3.63, 3.8) is 0 Å². The van der Waals surface area contributed by atoms with Crippen molar-refractivity contribution in [2.75, 3.05) is 11.6 Å². The zero-order chi connectivity index (χ0) is 19.1. The highest BCUT2D eigenvalue weighted by molar-refractivity contribution is 6.21. The van der Waals surface area contributed by atoms with E-state index >= 15 is 0 Å². The molecule has 0 unspecified atom stereocenters. The van der Waals surface area contributed by atoms with Gasteiger partial charge in [0.05, 0.1) is 23.4 Å². The first kappa shape index (κ1) is 18.6. The summed E-state index contributed by atoms with van der Waals surface area (Å²) in [5.41, 5.74) is -1.66. The Hall–Kier alpha value is -2.75. The second kappa shape index (κ2) is 6.28. The first-order valence-corrected chi connectivity index (χ1v) is 7.05. The van der Waals surface area contributed by atoms with Crippen LogP contribution in [0.25, 0.3) is 0 Å². The molecule has 0 aromatic carbocycles. The summed E-state index contributed by atoms with van der Waals surface area (Å²) in [6.07, 6.45) is -4.63. The van der Waals surface area contributed by atoms with Crippen LogP contribution in [-0.2, 0) is 20.6 Å². The minimum absolute atomic E-state index is 0.0533. The maximum atomic E-state index is 12.8. The number of pyridine rings is 1. The molecule has 134 valence electrons. The molecule has 0 fully saturated rings. The van der Waals surface area contributed by atoms with E-state index in [1.807, 2.05) is 0 Å². The van der Waals surface area contributed by atoms with Crippen LogP contribution in [0.5, 0.6) is 0 Å². The summed E-state index contributed by atoms with van der Waals surface area (Å²) >= 11 is 0. The number of carbonyl (C=O) groups is 3. The average Bonchev–Trinajstić information content (AvgIpc) is 2.69. The van der Waals surface area contributed by atoms with Gasteiger partial charge in [-0.1, -0.05) is 0 Å². The summed E-state index contributed by atoms with van der Waals surface area (Å²) in [5.74, 6) is -2.91. The Labute approximate surface area is 140 Å². The number of nitrogens with zero attached hydrogens (tertiary/aromatic N) is 3. The van der Waals surface area contributed by atoms with Gasteiger partial charge in [-0.15, -0.1) is 0 Å². The van der Waals surface area contributed by atoms with Gasteiger partial charge in [-0.05, 0) is 26.0 Å². The summed E-state index contributed by atoms with van der Waals surface area (Å²) in [6.45, 7) is 2.72. The van der Waals surface area contributed by atoms with Gasteiger partial charge in [-0.25, -0.2) is 4.98 Å². The van der Waals surface area contributed by atoms with Gasteiger partial charge < -0.3 is 5.11 Å². The summed E-state index contributed by atoms with van der Waals surface area (Å²) in [7, 11) is 0. The molecule has 3 amide bonds. The molecule has 0 radical (unpaired) electrons. The number of aryl methyl sites for hydroxylation is 1. The number of anilines is 1. The molecule has 0 saturated heterocycles. The molecule has 10 heteroatoms. The molecule has 1 aromatic heterocycles. The minimum Gasteiger partial charge on any atom is -0.391 e. The monoisotopic (exact) mass is 357 g/mol. The number of hydrogen-bond donors (Lipinski definition) is 1. The lowest BCUT2D eigenvalue weighted by molar-refractivity contribution is -0.142. The molecule has 0 atom stereocenters. The predicted octanol–water partition coefficient (Wildman–Crippen LogP) is 1.35. The normalized spacial score (nSPS) is 15.2. The average molecular weight is 357 g/mol. The van der Waals surface area contributed by atoms with Crippen molar-refractivity contribution in [3.8, 4) is 0 Å². The zero-order valence-corrected chi connectivity index (χ0v) is 13.5.